The van der Waals surface area contributed by atoms with E-state index in [-0.39, 0.29) is 24.2 Å². The molecule has 2 aliphatic heterocycles. The van der Waals surface area contributed by atoms with Crippen molar-refractivity contribution in [2.24, 2.45) is 0 Å². The van der Waals surface area contributed by atoms with Crippen LogP contribution in [0.3, 0.4) is 0 Å². The molecule has 0 unspecified atom stereocenters. The van der Waals surface area contributed by atoms with Crippen molar-refractivity contribution in [1.29, 1.82) is 0 Å². The molecule has 3 aliphatic rings. The van der Waals surface area contributed by atoms with Gasteiger partial charge in [0.2, 0.25) is 5.91 Å². The van der Waals surface area contributed by atoms with Gasteiger partial charge in [0.15, 0.2) is 0 Å². The number of urea groups is 1. The van der Waals surface area contributed by atoms with E-state index in [1.807, 2.05) is 0 Å². The minimum Gasteiger partial charge on any atom is -0.486 e. The van der Waals surface area contributed by atoms with Gasteiger partial charge in [-0.3, -0.25) is 9.69 Å². The summed E-state index contributed by atoms with van der Waals surface area (Å²) in [5.74, 6) is -0.226. The summed E-state index contributed by atoms with van der Waals surface area (Å²) >= 11 is 0. The molecule has 9 heteroatoms. The summed E-state index contributed by atoms with van der Waals surface area (Å²) in [6.07, 6.45) is -0.161. The highest BCUT2D eigenvalue weighted by molar-refractivity contribution is 6.06. The molecule has 1 fully saturated rings. The average Bonchev–Trinajstić information content (AvgIpc) is 2.74. The number of benzene rings is 2. The number of fused-ring (bicyclic) bond motifs is 2. The number of hydrogen-bond donors (Lipinski definition) is 2. The van der Waals surface area contributed by atoms with Gasteiger partial charge in [0.25, 0.3) is 0 Å². The van der Waals surface area contributed by atoms with Crippen molar-refractivity contribution in [2.45, 2.75) is 44.0 Å². The van der Waals surface area contributed by atoms with Crippen LogP contribution in [0.15, 0.2) is 42.5 Å². The number of rotatable bonds is 2. The molecule has 0 radical (unpaired) electrons. The summed E-state index contributed by atoms with van der Waals surface area (Å²) < 4.78 is 45.7. The van der Waals surface area contributed by atoms with E-state index >= 15 is 0 Å². The van der Waals surface area contributed by atoms with Crippen molar-refractivity contribution in [2.75, 3.05) is 17.3 Å². The number of alkyl halides is 3. The number of nitrogens with zero attached hydrogens (tertiary/aromatic N) is 1. The molecule has 5 rings (SSSR count). The predicted octanol–water partition coefficient (Wildman–Crippen LogP) is 5.09. The Kier molecular flexibility index (Phi) is 4.88. The number of hydrogen-bond acceptors (Lipinski definition) is 3. The molecule has 2 aromatic carbocycles. The second-order valence-corrected chi connectivity index (χ2v) is 8.70. The topological polar surface area (TPSA) is 70.7 Å². The molecule has 172 valence electrons. The molecule has 1 aliphatic carbocycles. The highest BCUT2D eigenvalue weighted by Crippen LogP contribution is 2.50. The van der Waals surface area contributed by atoms with Crippen molar-refractivity contribution in [3.05, 3.63) is 59.2 Å². The Morgan fingerprint density at radius 2 is 2.03 bits per heavy atom. The molecule has 2 aromatic rings. The summed E-state index contributed by atoms with van der Waals surface area (Å²) in [5.41, 5.74) is 1.87. The predicted molar refractivity (Wildman–Crippen MR) is 117 cm³/mol. The number of nitrogens with one attached hydrogen (secondary N) is 2. The molecule has 6 nitrogen and oxygen atoms in total. The molecule has 2 N–H and O–H groups in total. The van der Waals surface area contributed by atoms with Gasteiger partial charge in [0, 0.05) is 42.9 Å². The fourth-order valence-electron chi connectivity index (χ4n) is 4.65. The number of amides is 3. The van der Waals surface area contributed by atoms with Crippen molar-refractivity contribution < 1.29 is 27.5 Å². The molecule has 1 saturated carbocycles. The van der Waals surface area contributed by atoms with Crippen LogP contribution in [-0.4, -0.2) is 24.6 Å². The Morgan fingerprint density at radius 3 is 2.73 bits per heavy atom. The van der Waals surface area contributed by atoms with Crippen LogP contribution in [0.25, 0.3) is 5.57 Å². The molecule has 0 saturated heterocycles. The maximum atomic E-state index is 13.2. The lowest BCUT2D eigenvalue weighted by Gasteiger charge is -2.46. The van der Waals surface area contributed by atoms with E-state index in [1.54, 1.807) is 25.2 Å². The van der Waals surface area contributed by atoms with Crippen LogP contribution in [0, 0.1) is 0 Å². The zero-order valence-electron chi connectivity index (χ0n) is 17.9. The van der Waals surface area contributed by atoms with E-state index in [0.29, 0.717) is 28.9 Å². The third kappa shape index (κ3) is 3.81. The summed E-state index contributed by atoms with van der Waals surface area (Å²) in [5, 5.41) is 5.62. The molecule has 33 heavy (non-hydrogen) atoms. The van der Waals surface area contributed by atoms with E-state index in [4.69, 9.17) is 4.74 Å². The molecular weight excluding hydrogens is 435 g/mol. The standard InChI is InChI=1S/C24H22F3N3O3/c1-30-19-5-2-4-18(17(19)13-28-22(30)32)29-21(31)10-14-12-23(8-3-9-23)33-20-11-15(24(25,26)27)6-7-16(14)20/h2,4-7,10-11H,3,8-9,12-13H2,1H3,(H,28,32)(H,29,31). The van der Waals surface area contributed by atoms with Crippen LogP contribution in [0.5, 0.6) is 5.75 Å². The first-order valence-electron chi connectivity index (χ1n) is 10.7. The van der Waals surface area contributed by atoms with Gasteiger partial charge in [-0.2, -0.15) is 13.2 Å². The van der Waals surface area contributed by atoms with Crippen molar-refractivity contribution in [3.63, 3.8) is 0 Å². The minimum atomic E-state index is -4.47. The molecular formula is C24H22F3N3O3. The average molecular weight is 457 g/mol. The van der Waals surface area contributed by atoms with Crippen molar-refractivity contribution in [1.82, 2.24) is 5.32 Å². The van der Waals surface area contributed by atoms with E-state index in [2.05, 4.69) is 10.6 Å². The quantitative estimate of drug-likeness (QED) is 0.617. The van der Waals surface area contributed by atoms with Gasteiger partial charge in [0.1, 0.15) is 11.4 Å². The van der Waals surface area contributed by atoms with Gasteiger partial charge in [-0.05, 0) is 49.1 Å². The number of halogens is 3. The largest absolute Gasteiger partial charge is 0.486 e. The lowest BCUT2D eigenvalue weighted by Crippen LogP contribution is -2.45. The number of ether oxygens (including phenoxy) is 1. The molecule has 2 heterocycles. The minimum absolute atomic E-state index is 0.163. The summed E-state index contributed by atoms with van der Waals surface area (Å²) in [6, 6.07) is 8.48. The van der Waals surface area contributed by atoms with Gasteiger partial charge in [-0.15, -0.1) is 0 Å². The summed E-state index contributed by atoms with van der Waals surface area (Å²) in [7, 11) is 1.65. The first-order chi connectivity index (χ1) is 15.7. The SMILES string of the molecule is CN1C(=O)NCc2c(NC(=O)C=C3CC4(CCC4)Oc4cc(C(F)(F)F)ccc43)cccc21. The van der Waals surface area contributed by atoms with Crippen LogP contribution in [0.2, 0.25) is 0 Å². The van der Waals surface area contributed by atoms with Gasteiger partial charge in [-0.25, -0.2) is 4.79 Å². The second-order valence-electron chi connectivity index (χ2n) is 8.70. The van der Waals surface area contributed by atoms with Crippen LogP contribution >= 0.6 is 0 Å². The summed E-state index contributed by atoms with van der Waals surface area (Å²) in [6.45, 7) is 0.283. The maximum Gasteiger partial charge on any atom is 0.416 e. The zero-order chi connectivity index (χ0) is 23.4. The van der Waals surface area contributed by atoms with E-state index < -0.39 is 17.3 Å². The van der Waals surface area contributed by atoms with Crippen LogP contribution in [0.4, 0.5) is 29.3 Å². The lowest BCUT2D eigenvalue weighted by atomic mass is 9.72. The Hall–Kier alpha value is -3.49. The fourth-order valence-corrected chi connectivity index (χ4v) is 4.65. The second kappa shape index (κ2) is 7.54. The van der Waals surface area contributed by atoms with Crippen LogP contribution in [-0.2, 0) is 17.5 Å². The third-order valence-electron chi connectivity index (χ3n) is 6.56. The van der Waals surface area contributed by atoms with Crippen molar-refractivity contribution >= 4 is 28.9 Å². The molecule has 0 aromatic heterocycles. The monoisotopic (exact) mass is 457 g/mol. The number of carbonyl (C=O) groups is 2. The Labute approximate surface area is 188 Å². The number of anilines is 2. The Morgan fingerprint density at radius 1 is 1.24 bits per heavy atom. The molecule has 3 amide bonds. The number of carbonyl (C=O) groups excluding carboxylic acids is 2. The lowest BCUT2D eigenvalue weighted by molar-refractivity contribution is -0.138. The smallest absolute Gasteiger partial charge is 0.416 e. The maximum absolute atomic E-state index is 13.2. The molecule has 0 atom stereocenters. The zero-order valence-corrected chi connectivity index (χ0v) is 17.9. The summed E-state index contributed by atoms with van der Waals surface area (Å²) in [4.78, 5) is 26.3. The van der Waals surface area contributed by atoms with Crippen LogP contribution < -0.4 is 20.3 Å². The Balaban J connectivity index is 1.46. The van der Waals surface area contributed by atoms with E-state index in [0.717, 1.165) is 37.0 Å². The van der Waals surface area contributed by atoms with Gasteiger partial charge in [-0.1, -0.05) is 12.1 Å². The van der Waals surface area contributed by atoms with Crippen LogP contribution in [0.1, 0.15) is 42.4 Å². The fraction of sp³-hybridized carbons (Fsp3) is 0.333. The first kappa shape index (κ1) is 21.4. The van der Waals surface area contributed by atoms with E-state index in [1.165, 1.54) is 17.0 Å². The van der Waals surface area contributed by atoms with Crippen molar-refractivity contribution in [3.8, 4) is 5.75 Å². The molecule has 1 spiro atoms. The first-order valence-corrected chi connectivity index (χ1v) is 10.7. The van der Waals surface area contributed by atoms with Gasteiger partial charge < -0.3 is 15.4 Å². The van der Waals surface area contributed by atoms with E-state index in [9.17, 15) is 22.8 Å². The highest BCUT2D eigenvalue weighted by Gasteiger charge is 2.44. The van der Waals surface area contributed by atoms with Gasteiger partial charge >= 0.3 is 12.2 Å². The Bertz CT molecular complexity index is 1190. The van der Waals surface area contributed by atoms with Gasteiger partial charge in [0.05, 0.1) is 11.3 Å². The third-order valence-corrected chi connectivity index (χ3v) is 6.56. The highest BCUT2D eigenvalue weighted by atomic mass is 19.4. The normalized spacial score (nSPS) is 19.8. The molecule has 0 bridgehead atoms.